The van der Waals surface area contributed by atoms with E-state index in [2.05, 4.69) is 10.3 Å². The summed E-state index contributed by atoms with van der Waals surface area (Å²) < 4.78 is 12.6. The molecule has 4 N–H and O–H groups in total. The zero-order valence-electron chi connectivity index (χ0n) is 10.1. The van der Waals surface area contributed by atoms with Gasteiger partial charge in [0.2, 0.25) is 0 Å². The van der Waals surface area contributed by atoms with Gasteiger partial charge in [0.05, 0.1) is 12.2 Å². The van der Waals surface area contributed by atoms with Crippen molar-refractivity contribution in [2.24, 2.45) is 5.73 Å². The third-order valence-electron chi connectivity index (χ3n) is 2.62. The van der Waals surface area contributed by atoms with E-state index in [9.17, 15) is 4.57 Å². The SMILES string of the molecule is NC(Cc1cn(Cc2ccccc2)nn1)P(=O)(O)O. The van der Waals surface area contributed by atoms with Gasteiger partial charge in [-0.2, -0.15) is 0 Å². The van der Waals surface area contributed by atoms with Gasteiger partial charge in [-0.25, -0.2) is 4.68 Å². The van der Waals surface area contributed by atoms with Crippen molar-refractivity contribution < 1.29 is 14.4 Å². The molecule has 0 saturated carbocycles. The monoisotopic (exact) mass is 282 g/mol. The molecule has 1 heterocycles. The summed E-state index contributed by atoms with van der Waals surface area (Å²) in [4.78, 5) is 17.8. The highest BCUT2D eigenvalue weighted by Gasteiger charge is 2.25. The Hall–Kier alpha value is -1.53. The molecule has 19 heavy (non-hydrogen) atoms. The molecule has 1 atom stereocenters. The quantitative estimate of drug-likeness (QED) is 0.681. The first-order valence-electron chi connectivity index (χ1n) is 5.69. The Balaban J connectivity index is 2.02. The molecule has 0 saturated heterocycles. The Morgan fingerprint density at radius 1 is 1.32 bits per heavy atom. The number of aromatic nitrogens is 3. The van der Waals surface area contributed by atoms with E-state index >= 15 is 0 Å². The van der Waals surface area contributed by atoms with E-state index in [1.165, 1.54) is 0 Å². The lowest BCUT2D eigenvalue weighted by Crippen LogP contribution is -2.22. The Bertz CT molecular complexity index is 581. The van der Waals surface area contributed by atoms with Gasteiger partial charge in [0.1, 0.15) is 5.78 Å². The van der Waals surface area contributed by atoms with Crippen LogP contribution in [0.5, 0.6) is 0 Å². The standard InChI is InChI=1S/C11H15N4O3P/c12-11(19(16,17)18)6-10-8-15(14-13-10)7-9-4-2-1-3-5-9/h1-5,8,11H,6-7,12H2,(H2,16,17,18). The molecular formula is C11H15N4O3P. The summed E-state index contributed by atoms with van der Waals surface area (Å²) in [6.45, 7) is 0.555. The van der Waals surface area contributed by atoms with Gasteiger partial charge in [-0.15, -0.1) is 5.10 Å². The Morgan fingerprint density at radius 3 is 2.63 bits per heavy atom. The van der Waals surface area contributed by atoms with Crippen LogP contribution in [0.4, 0.5) is 0 Å². The summed E-state index contributed by atoms with van der Waals surface area (Å²) in [6, 6.07) is 9.70. The summed E-state index contributed by atoms with van der Waals surface area (Å²) >= 11 is 0. The van der Waals surface area contributed by atoms with Crippen LogP contribution in [-0.4, -0.2) is 30.6 Å². The van der Waals surface area contributed by atoms with Crippen LogP contribution in [0.2, 0.25) is 0 Å². The molecule has 7 nitrogen and oxygen atoms in total. The molecule has 2 aromatic rings. The van der Waals surface area contributed by atoms with E-state index in [-0.39, 0.29) is 6.42 Å². The minimum absolute atomic E-state index is 0.000925. The van der Waals surface area contributed by atoms with E-state index < -0.39 is 13.4 Å². The maximum absolute atomic E-state index is 10.9. The second kappa shape index (κ2) is 5.63. The molecule has 0 radical (unpaired) electrons. The average Bonchev–Trinajstić information content (AvgIpc) is 2.76. The molecule has 8 heteroatoms. The smallest absolute Gasteiger partial charge is 0.323 e. The molecule has 0 aliphatic carbocycles. The molecule has 2 rings (SSSR count). The lowest BCUT2D eigenvalue weighted by Gasteiger charge is -2.10. The maximum atomic E-state index is 10.9. The highest BCUT2D eigenvalue weighted by molar-refractivity contribution is 7.52. The predicted molar refractivity (Wildman–Crippen MR) is 69.3 cm³/mol. The maximum Gasteiger partial charge on any atom is 0.342 e. The molecule has 1 unspecified atom stereocenters. The minimum atomic E-state index is -4.28. The van der Waals surface area contributed by atoms with Crippen molar-refractivity contribution >= 4 is 7.60 Å². The fraction of sp³-hybridized carbons (Fsp3) is 0.273. The van der Waals surface area contributed by atoms with E-state index in [0.717, 1.165) is 5.56 Å². The van der Waals surface area contributed by atoms with E-state index in [4.69, 9.17) is 15.5 Å². The first-order chi connectivity index (χ1) is 8.95. The Morgan fingerprint density at radius 2 is 2.00 bits per heavy atom. The Kier molecular flexibility index (Phi) is 4.11. The number of hydrogen-bond acceptors (Lipinski definition) is 4. The molecule has 0 fully saturated rings. The molecule has 0 spiro atoms. The normalized spacial score (nSPS) is 13.4. The van der Waals surface area contributed by atoms with Gasteiger partial charge < -0.3 is 15.5 Å². The van der Waals surface area contributed by atoms with Gasteiger partial charge in [-0.3, -0.25) is 4.57 Å². The fourth-order valence-electron chi connectivity index (χ4n) is 1.61. The van der Waals surface area contributed by atoms with Crippen LogP contribution in [0.25, 0.3) is 0 Å². The van der Waals surface area contributed by atoms with Crippen LogP contribution in [0, 0.1) is 0 Å². The fourth-order valence-corrected chi connectivity index (χ4v) is 2.04. The van der Waals surface area contributed by atoms with Gasteiger partial charge in [-0.1, -0.05) is 35.5 Å². The van der Waals surface area contributed by atoms with Gasteiger partial charge in [0.15, 0.2) is 0 Å². The van der Waals surface area contributed by atoms with Crippen molar-refractivity contribution in [2.45, 2.75) is 18.7 Å². The van der Waals surface area contributed by atoms with Crippen molar-refractivity contribution in [1.29, 1.82) is 0 Å². The first kappa shape index (κ1) is 13.9. The van der Waals surface area contributed by atoms with Gasteiger partial charge >= 0.3 is 7.60 Å². The lowest BCUT2D eigenvalue weighted by molar-refractivity contribution is 0.357. The van der Waals surface area contributed by atoms with Gasteiger partial charge in [0.25, 0.3) is 0 Å². The van der Waals surface area contributed by atoms with Crippen LogP contribution in [0.1, 0.15) is 11.3 Å². The zero-order valence-corrected chi connectivity index (χ0v) is 11.0. The Labute approximate surface area is 110 Å². The average molecular weight is 282 g/mol. The van der Waals surface area contributed by atoms with Gasteiger partial charge in [0, 0.05) is 12.6 Å². The number of nitrogens with zero attached hydrogens (tertiary/aromatic N) is 3. The summed E-state index contributed by atoms with van der Waals surface area (Å²) in [5, 5.41) is 7.76. The highest BCUT2D eigenvalue weighted by atomic mass is 31.2. The molecule has 102 valence electrons. The molecule has 1 aromatic carbocycles. The van der Waals surface area contributed by atoms with Crippen LogP contribution in [-0.2, 0) is 17.5 Å². The number of benzene rings is 1. The number of rotatable bonds is 5. The summed E-state index contributed by atoms with van der Waals surface area (Å²) in [5.74, 6) is -1.24. The zero-order chi connectivity index (χ0) is 13.9. The first-order valence-corrected chi connectivity index (χ1v) is 7.37. The topological polar surface area (TPSA) is 114 Å². The minimum Gasteiger partial charge on any atom is -0.323 e. The van der Waals surface area contributed by atoms with Gasteiger partial charge in [-0.05, 0) is 5.56 Å². The van der Waals surface area contributed by atoms with Crippen LogP contribution in [0.3, 0.4) is 0 Å². The largest absolute Gasteiger partial charge is 0.342 e. The van der Waals surface area contributed by atoms with E-state index in [0.29, 0.717) is 12.2 Å². The molecule has 1 aromatic heterocycles. The van der Waals surface area contributed by atoms with E-state index in [1.807, 2.05) is 30.3 Å². The second-order valence-electron chi connectivity index (χ2n) is 4.25. The number of hydrogen-bond donors (Lipinski definition) is 3. The molecule has 0 aliphatic heterocycles. The van der Waals surface area contributed by atoms with Crippen molar-refractivity contribution in [2.75, 3.05) is 0 Å². The third-order valence-corrected chi connectivity index (χ3v) is 3.67. The predicted octanol–water partition coefficient (Wildman–Crippen LogP) is 0.331. The van der Waals surface area contributed by atoms with E-state index in [1.54, 1.807) is 10.9 Å². The second-order valence-corrected chi connectivity index (χ2v) is 6.10. The molecule has 0 bridgehead atoms. The van der Waals surface area contributed by atoms with Crippen molar-refractivity contribution in [3.05, 3.63) is 47.8 Å². The highest BCUT2D eigenvalue weighted by Crippen LogP contribution is 2.39. The molecule has 0 aliphatic rings. The lowest BCUT2D eigenvalue weighted by atomic mass is 10.2. The van der Waals surface area contributed by atoms with Crippen LogP contribution >= 0.6 is 7.60 Å². The summed E-state index contributed by atoms with van der Waals surface area (Å²) in [5.41, 5.74) is 6.94. The van der Waals surface area contributed by atoms with Crippen molar-refractivity contribution in [1.82, 2.24) is 15.0 Å². The number of nitrogens with two attached hydrogens (primary N) is 1. The third kappa shape index (κ3) is 3.97. The van der Waals surface area contributed by atoms with Crippen molar-refractivity contribution in [3.8, 4) is 0 Å². The summed E-state index contributed by atoms with van der Waals surface area (Å²) in [6.07, 6.45) is 1.64. The van der Waals surface area contributed by atoms with Crippen LogP contribution in [0.15, 0.2) is 36.5 Å². The molecule has 0 amide bonds. The van der Waals surface area contributed by atoms with Crippen molar-refractivity contribution in [3.63, 3.8) is 0 Å². The summed E-state index contributed by atoms with van der Waals surface area (Å²) in [7, 11) is -4.28. The molecular weight excluding hydrogens is 267 g/mol. The van der Waals surface area contributed by atoms with Crippen LogP contribution < -0.4 is 5.73 Å².